The lowest BCUT2D eigenvalue weighted by Crippen LogP contribution is -2.70. The fourth-order valence-corrected chi connectivity index (χ4v) is 6.03. The molecule has 1 aromatic rings. The zero-order valence-corrected chi connectivity index (χ0v) is 20.8. The first-order chi connectivity index (χ1) is 17.1. The Labute approximate surface area is 213 Å². The van der Waals surface area contributed by atoms with E-state index < -0.39 is 35.1 Å². The maximum atomic E-state index is 13.5. The van der Waals surface area contributed by atoms with Gasteiger partial charge in [-0.05, 0) is 60.8 Å². The minimum atomic E-state index is -1.42. The van der Waals surface area contributed by atoms with E-state index in [1.165, 1.54) is 31.1 Å². The molecule has 4 aliphatic heterocycles. The summed E-state index contributed by atoms with van der Waals surface area (Å²) in [6.07, 6.45) is 4.58. The second-order valence-electron chi connectivity index (χ2n) is 9.42. The van der Waals surface area contributed by atoms with Gasteiger partial charge >= 0.3 is 6.03 Å². The standard InChI is InChI=1S/C25H25N5O5S/c1-4-9-30-20(32)16(19(31)26-23(30)36)12-14-7-8-17-15(11-14)13-25(18-6-5-10-29(17)18)21(33)27(2)24(35)28(3)22(25)34/h4,7-8,11-12,18H,1,5-6,9-10,13H2,2-3H3,(H,26,31,36). The van der Waals surface area contributed by atoms with Crippen LogP contribution in [0, 0.1) is 5.41 Å². The Morgan fingerprint density at radius 3 is 2.50 bits per heavy atom. The third-order valence-corrected chi connectivity index (χ3v) is 7.78. The molecule has 1 atom stereocenters. The summed E-state index contributed by atoms with van der Waals surface area (Å²) in [6, 6.07) is 4.48. The van der Waals surface area contributed by atoms with E-state index in [9.17, 15) is 24.0 Å². The Bertz CT molecular complexity index is 1280. The van der Waals surface area contributed by atoms with Gasteiger partial charge in [0.25, 0.3) is 11.8 Å². The molecule has 3 fully saturated rings. The van der Waals surface area contributed by atoms with Crippen LogP contribution in [-0.4, -0.2) is 82.7 Å². The van der Waals surface area contributed by atoms with E-state index in [0.29, 0.717) is 18.5 Å². The maximum absolute atomic E-state index is 13.5. The van der Waals surface area contributed by atoms with Crippen molar-refractivity contribution >= 4 is 58.8 Å². The Morgan fingerprint density at radius 2 is 1.83 bits per heavy atom. The molecule has 3 saturated heterocycles. The number of nitrogens with zero attached hydrogens (tertiary/aromatic N) is 4. The van der Waals surface area contributed by atoms with Crippen LogP contribution in [-0.2, 0) is 25.6 Å². The smallest absolute Gasteiger partial charge is 0.332 e. The SMILES string of the molecule is C=CCN1C(=O)C(=Cc2ccc3c(c2)CC2(C(=O)N(C)C(=O)N(C)C2=O)C2CCCN32)C(=O)NC1=S. The van der Waals surface area contributed by atoms with Gasteiger partial charge in [0.1, 0.15) is 5.57 Å². The maximum Gasteiger partial charge on any atom is 0.332 e. The van der Waals surface area contributed by atoms with Crippen molar-refractivity contribution < 1.29 is 24.0 Å². The first kappa shape index (κ1) is 23.9. The third kappa shape index (κ3) is 3.22. The first-order valence-electron chi connectivity index (χ1n) is 11.6. The molecule has 1 aromatic carbocycles. The number of barbiturate groups is 1. The van der Waals surface area contributed by atoms with E-state index >= 15 is 0 Å². The lowest BCUT2D eigenvalue weighted by Gasteiger charge is -2.50. The summed E-state index contributed by atoms with van der Waals surface area (Å²) < 4.78 is 0. The Morgan fingerprint density at radius 1 is 1.14 bits per heavy atom. The van der Waals surface area contributed by atoms with Crippen molar-refractivity contribution in [1.29, 1.82) is 0 Å². The van der Waals surface area contributed by atoms with E-state index in [2.05, 4.69) is 16.8 Å². The summed E-state index contributed by atoms with van der Waals surface area (Å²) in [5, 5.41) is 2.54. The van der Waals surface area contributed by atoms with Crippen molar-refractivity contribution in [3.63, 3.8) is 0 Å². The number of hydrogen-bond donors (Lipinski definition) is 1. The van der Waals surface area contributed by atoms with Gasteiger partial charge < -0.3 is 4.90 Å². The summed E-state index contributed by atoms with van der Waals surface area (Å²) in [6.45, 7) is 4.45. The molecule has 1 N–H and O–H groups in total. The lowest BCUT2D eigenvalue weighted by atomic mass is 9.68. The molecular formula is C25H25N5O5S. The summed E-state index contributed by atoms with van der Waals surface area (Å²) >= 11 is 5.10. The van der Waals surface area contributed by atoms with Crippen LogP contribution < -0.4 is 10.2 Å². The van der Waals surface area contributed by atoms with Crippen LogP contribution in [0.4, 0.5) is 10.5 Å². The van der Waals surface area contributed by atoms with Gasteiger partial charge in [0.2, 0.25) is 11.8 Å². The van der Waals surface area contributed by atoms with Crippen molar-refractivity contribution in [2.24, 2.45) is 5.41 Å². The van der Waals surface area contributed by atoms with Gasteiger partial charge in [-0.1, -0.05) is 12.1 Å². The van der Waals surface area contributed by atoms with Gasteiger partial charge in [0.15, 0.2) is 10.5 Å². The molecule has 0 aliphatic carbocycles. The molecule has 36 heavy (non-hydrogen) atoms. The zero-order chi connectivity index (χ0) is 25.9. The number of imide groups is 2. The molecule has 10 nitrogen and oxygen atoms in total. The van der Waals surface area contributed by atoms with E-state index in [-0.39, 0.29) is 29.7 Å². The highest BCUT2D eigenvalue weighted by Gasteiger charge is 2.63. The van der Waals surface area contributed by atoms with Gasteiger partial charge in [0, 0.05) is 32.9 Å². The molecule has 4 heterocycles. The summed E-state index contributed by atoms with van der Waals surface area (Å²) in [5.41, 5.74) is 0.715. The van der Waals surface area contributed by atoms with Crippen LogP contribution in [0.2, 0.25) is 0 Å². The zero-order valence-electron chi connectivity index (χ0n) is 19.9. The number of rotatable bonds is 3. The van der Waals surface area contributed by atoms with Crippen LogP contribution in [0.3, 0.4) is 0 Å². The minimum Gasteiger partial charge on any atom is -0.367 e. The number of hydrogen-bond acceptors (Lipinski definition) is 7. The van der Waals surface area contributed by atoms with Crippen molar-refractivity contribution in [2.45, 2.75) is 25.3 Å². The molecule has 0 aromatic heterocycles. The molecule has 5 rings (SSSR count). The van der Waals surface area contributed by atoms with Gasteiger partial charge in [-0.2, -0.15) is 0 Å². The number of fused-ring (bicyclic) bond motifs is 4. The van der Waals surface area contributed by atoms with E-state index in [1.54, 1.807) is 12.1 Å². The van der Waals surface area contributed by atoms with Gasteiger partial charge in [0.05, 0.1) is 6.04 Å². The van der Waals surface area contributed by atoms with Crippen molar-refractivity contribution in [3.8, 4) is 0 Å². The Balaban J connectivity index is 1.58. The quantitative estimate of drug-likeness (QED) is 0.214. The predicted molar refractivity (Wildman–Crippen MR) is 135 cm³/mol. The number of nitrogens with one attached hydrogen (secondary N) is 1. The molecule has 1 spiro atoms. The number of thiocarbonyl (C=S) groups is 1. The molecule has 0 bridgehead atoms. The minimum absolute atomic E-state index is 0.0200. The second kappa shape index (κ2) is 8.37. The molecule has 1 unspecified atom stereocenters. The van der Waals surface area contributed by atoms with Crippen molar-refractivity contribution in [2.75, 3.05) is 32.1 Å². The number of urea groups is 1. The number of anilines is 1. The Kier molecular flexibility index (Phi) is 5.55. The van der Waals surface area contributed by atoms with Crippen molar-refractivity contribution in [1.82, 2.24) is 20.0 Å². The van der Waals surface area contributed by atoms with E-state index in [1.807, 2.05) is 6.07 Å². The lowest BCUT2D eigenvalue weighted by molar-refractivity contribution is -0.159. The number of benzene rings is 1. The topological polar surface area (TPSA) is 110 Å². The van der Waals surface area contributed by atoms with E-state index in [0.717, 1.165) is 27.5 Å². The number of amides is 6. The third-order valence-electron chi connectivity index (χ3n) is 7.46. The molecular weight excluding hydrogens is 482 g/mol. The average molecular weight is 508 g/mol. The molecule has 6 amide bonds. The fourth-order valence-electron chi connectivity index (χ4n) is 5.78. The van der Waals surface area contributed by atoms with Crippen LogP contribution in [0.15, 0.2) is 36.4 Å². The van der Waals surface area contributed by atoms with Crippen LogP contribution >= 0.6 is 12.2 Å². The van der Waals surface area contributed by atoms with Crippen LogP contribution in [0.25, 0.3) is 6.08 Å². The molecule has 0 saturated carbocycles. The van der Waals surface area contributed by atoms with Gasteiger partial charge in [-0.15, -0.1) is 6.58 Å². The van der Waals surface area contributed by atoms with Gasteiger partial charge in [-0.25, -0.2) is 4.79 Å². The fraction of sp³-hybridized carbons (Fsp3) is 0.360. The van der Waals surface area contributed by atoms with Crippen LogP contribution in [0.5, 0.6) is 0 Å². The van der Waals surface area contributed by atoms with Crippen LogP contribution in [0.1, 0.15) is 24.0 Å². The van der Waals surface area contributed by atoms with Crippen molar-refractivity contribution in [3.05, 3.63) is 47.6 Å². The first-order valence-corrected chi connectivity index (χ1v) is 12.0. The van der Waals surface area contributed by atoms with E-state index in [4.69, 9.17) is 12.2 Å². The number of carbonyl (C=O) groups excluding carboxylic acids is 5. The highest BCUT2D eigenvalue weighted by molar-refractivity contribution is 7.80. The molecule has 4 aliphatic rings. The highest BCUT2D eigenvalue weighted by atomic mass is 32.1. The molecule has 11 heteroatoms. The van der Waals surface area contributed by atoms with Gasteiger partial charge in [-0.3, -0.25) is 39.2 Å². The summed E-state index contributed by atoms with van der Waals surface area (Å²) in [4.78, 5) is 70.4. The predicted octanol–water partition coefficient (Wildman–Crippen LogP) is 1.06. The highest BCUT2D eigenvalue weighted by Crippen LogP contribution is 2.49. The Hall–Kier alpha value is -3.86. The molecule has 186 valence electrons. The average Bonchev–Trinajstić information content (AvgIpc) is 3.36. The second-order valence-corrected chi connectivity index (χ2v) is 9.81. The molecule has 0 radical (unpaired) electrons. The summed E-state index contributed by atoms with van der Waals surface area (Å²) in [7, 11) is 2.80. The summed E-state index contributed by atoms with van der Waals surface area (Å²) in [5.74, 6) is -2.13. The monoisotopic (exact) mass is 507 g/mol. The number of carbonyl (C=O) groups is 5. The largest absolute Gasteiger partial charge is 0.367 e. The normalized spacial score (nSPS) is 24.5.